The highest BCUT2D eigenvalue weighted by Crippen LogP contribution is 2.22. The highest BCUT2D eigenvalue weighted by molar-refractivity contribution is 5.49. The number of nitrogens with one attached hydrogen (secondary N) is 1. The first kappa shape index (κ1) is 13.4. The maximum Gasteiger partial charge on any atom is 0.0647 e. The topological polar surface area (TPSA) is 35.5 Å². The number of benzene rings is 1. The lowest BCUT2D eigenvalue weighted by atomic mass is 10.0. The summed E-state index contributed by atoms with van der Waals surface area (Å²) in [5, 5.41) is 12.9. The predicted octanol–water partition coefficient (Wildman–Crippen LogP) is 1.97. The Kier molecular flexibility index (Phi) is 4.61. The summed E-state index contributed by atoms with van der Waals surface area (Å²) >= 11 is 0. The molecule has 1 aliphatic rings. The molecule has 0 aromatic heterocycles. The van der Waals surface area contributed by atoms with Gasteiger partial charge in [0.15, 0.2) is 0 Å². The number of aliphatic hydroxyl groups is 1. The summed E-state index contributed by atoms with van der Waals surface area (Å²) in [6.07, 6.45) is 1.13. The van der Waals surface area contributed by atoms with Gasteiger partial charge in [-0.1, -0.05) is 26.0 Å². The molecule has 3 heteroatoms. The van der Waals surface area contributed by atoms with E-state index in [0.717, 1.165) is 26.1 Å². The summed E-state index contributed by atoms with van der Waals surface area (Å²) in [6, 6.07) is 8.96. The van der Waals surface area contributed by atoms with Crippen LogP contribution in [0.3, 0.4) is 0 Å². The molecular weight excluding hydrogens is 224 g/mol. The van der Waals surface area contributed by atoms with Crippen LogP contribution in [0.5, 0.6) is 0 Å². The Hall–Kier alpha value is -1.06. The normalized spacial score (nSPS) is 21.1. The van der Waals surface area contributed by atoms with Crippen LogP contribution in [0.2, 0.25) is 0 Å². The lowest BCUT2D eigenvalue weighted by Gasteiger charge is -2.30. The fraction of sp³-hybridized carbons (Fsp3) is 0.600. The van der Waals surface area contributed by atoms with E-state index in [4.69, 9.17) is 0 Å². The minimum Gasteiger partial charge on any atom is -0.394 e. The first-order valence-electron chi connectivity index (χ1n) is 6.90. The third-order valence-electron chi connectivity index (χ3n) is 3.68. The van der Waals surface area contributed by atoms with Crippen molar-refractivity contribution in [2.24, 2.45) is 0 Å². The quantitative estimate of drug-likeness (QED) is 0.858. The molecule has 3 nitrogen and oxygen atoms in total. The zero-order valence-corrected chi connectivity index (χ0v) is 11.4. The van der Waals surface area contributed by atoms with Gasteiger partial charge in [-0.2, -0.15) is 0 Å². The second-order valence-corrected chi connectivity index (χ2v) is 5.33. The lowest BCUT2D eigenvalue weighted by molar-refractivity contribution is 0.260. The average molecular weight is 248 g/mol. The Labute approximate surface area is 110 Å². The monoisotopic (exact) mass is 248 g/mol. The SMILES string of the molecule is CC(C)c1ccc(N2CCCNCC2CO)cc1. The van der Waals surface area contributed by atoms with E-state index in [0.29, 0.717) is 5.92 Å². The molecule has 1 aromatic rings. The molecule has 0 aliphatic carbocycles. The average Bonchev–Trinajstić information content (AvgIpc) is 2.63. The maximum absolute atomic E-state index is 9.51. The number of anilines is 1. The summed E-state index contributed by atoms with van der Waals surface area (Å²) in [5.74, 6) is 0.568. The second kappa shape index (κ2) is 6.21. The molecule has 0 saturated carbocycles. The van der Waals surface area contributed by atoms with Crippen LogP contribution >= 0.6 is 0 Å². The molecular formula is C15H24N2O. The van der Waals surface area contributed by atoms with Gasteiger partial charge in [-0.25, -0.2) is 0 Å². The maximum atomic E-state index is 9.51. The van der Waals surface area contributed by atoms with Crippen LogP contribution in [0.4, 0.5) is 5.69 Å². The second-order valence-electron chi connectivity index (χ2n) is 5.33. The molecule has 0 amide bonds. The van der Waals surface area contributed by atoms with Crippen molar-refractivity contribution in [1.82, 2.24) is 5.32 Å². The van der Waals surface area contributed by atoms with Crippen molar-refractivity contribution in [3.05, 3.63) is 29.8 Å². The van der Waals surface area contributed by atoms with E-state index in [1.165, 1.54) is 11.3 Å². The highest BCUT2D eigenvalue weighted by Gasteiger charge is 2.20. The van der Waals surface area contributed by atoms with Crippen molar-refractivity contribution in [3.63, 3.8) is 0 Å². The summed E-state index contributed by atoms with van der Waals surface area (Å²) in [4.78, 5) is 2.32. The van der Waals surface area contributed by atoms with Gasteiger partial charge in [-0.3, -0.25) is 0 Å². The molecule has 1 aromatic carbocycles. The number of hydrogen-bond donors (Lipinski definition) is 2. The van der Waals surface area contributed by atoms with Crippen LogP contribution < -0.4 is 10.2 Å². The fourth-order valence-corrected chi connectivity index (χ4v) is 2.49. The Bertz CT molecular complexity index is 361. The van der Waals surface area contributed by atoms with Gasteiger partial charge >= 0.3 is 0 Å². The van der Waals surface area contributed by atoms with E-state index in [1.807, 2.05) is 0 Å². The minimum atomic E-state index is 0.192. The van der Waals surface area contributed by atoms with Gasteiger partial charge < -0.3 is 15.3 Å². The van der Waals surface area contributed by atoms with Crippen LogP contribution in [-0.2, 0) is 0 Å². The molecule has 2 rings (SSSR count). The molecule has 0 bridgehead atoms. The van der Waals surface area contributed by atoms with Crippen molar-refractivity contribution in [2.75, 3.05) is 31.1 Å². The van der Waals surface area contributed by atoms with Crippen molar-refractivity contribution in [2.45, 2.75) is 32.2 Å². The molecule has 0 radical (unpaired) electrons. The van der Waals surface area contributed by atoms with Crippen molar-refractivity contribution < 1.29 is 5.11 Å². The first-order valence-corrected chi connectivity index (χ1v) is 6.90. The van der Waals surface area contributed by atoms with Gasteiger partial charge in [-0.05, 0) is 36.6 Å². The lowest BCUT2D eigenvalue weighted by Crippen LogP contribution is -2.42. The third-order valence-corrected chi connectivity index (χ3v) is 3.68. The molecule has 1 saturated heterocycles. The number of rotatable bonds is 3. The van der Waals surface area contributed by atoms with Gasteiger partial charge in [0.25, 0.3) is 0 Å². The van der Waals surface area contributed by atoms with Crippen molar-refractivity contribution in [1.29, 1.82) is 0 Å². The molecule has 0 spiro atoms. The zero-order valence-electron chi connectivity index (χ0n) is 11.4. The fourth-order valence-electron chi connectivity index (χ4n) is 2.49. The van der Waals surface area contributed by atoms with E-state index < -0.39 is 0 Å². The molecule has 1 fully saturated rings. The molecule has 2 N–H and O–H groups in total. The van der Waals surface area contributed by atoms with Gasteiger partial charge in [-0.15, -0.1) is 0 Å². The van der Waals surface area contributed by atoms with E-state index in [1.54, 1.807) is 0 Å². The Morgan fingerprint density at radius 1 is 1.33 bits per heavy atom. The van der Waals surface area contributed by atoms with Gasteiger partial charge in [0.2, 0.25) is 0 Å². The third kappa shape index (κ3) is 3.03. The van der Waals surface area contributed by atoms with Gasteiger partial charge in [0.1, 0.15) is 0 Å². The first-order chi connectivity index (χ1) is 8.72. The molecule has 18 heavy (non-hydrogen) atoms. The highest BCUT2D eigenvalue weighted by atomic mass is 16.3. The summed E-state index contributed by atoms with van der Waals surface area (Å²) in [6.45, 7) is 7.54. The van der Waals surface area contributed by atoms with Crippen LogP contribution in [0.1, 0.15) is 31.7 Å². The predicted molar refractivity (Wildman–Crippen MR) is 76.2 cm³/mol. The van der Waals surface area contributed by atoms with E-state index >= 15 is 0 Å². The molecule has 1 heterocycles. The van der Waals surface area contributed by atoms with Gasteiger partial charge in [0.05, 0.1) is 12.6 Å². The molecule has 1 unspecified atom stereocenters. The van der Waals surface area contributed by atoms with E-state index in [2.05, 4.69) is 48.3 Å². The van der Waals surface area contributed by atoms with Crippen molar-refractivity contribution in [3.8, 4) is 0 Å². The minimum absolute atomic E-state index is 0.192. The molecule has 100 valence electrons. The standard InChI is InChI=1S/C15H24N2O/c1-12(2)13-4-6-14(7-5-13)17-9-3-8-16-10-15(17)11-18/h4-7,12,15-16,18H,3,8-11H2,1-2H3. The van der Waals surface area contributed by atoms with E-state index in [-0.39, 0.29) is 12.6 Å². The number of aliphatic hydroxyl groups excluding tert-OH is 1. The number of hydrogen-bond acceptors (Lipinski definition) is 3. The largest absolute Gasteiger partial charge is 0.394 e. The smallest absolute Gasteiger partial charge is 0.0647 e. The molecule has 1 aliphatic heterocycles. The Morgan fingerprint density at radius 3 is 2.67 bits per heavy atom. The Morgan fingerprint density at radius 2 is 2.06 bits per heavy atom. The number of nitrogens with zero attached hydrogens (tertiary/aromatic N) is 1. The van der Waals surface area contributed by atoms with E-state index in [9.17, 15) is 5.11 Å². The summed E-state index contributed by atoms with van der Waals surface area (Å²) in [7, 11) is 0. The van der Waals surface area contributed by atoms with Crippen LogP contribution in [0, 0.1) is 0 Å². The van der Waals surface area contributed by atoms with Crippen molar-refractivity contribution >= 4 is 5.69 Å². The van der Waals surface area contributed by atoms with Crippen LogP contribution in [0.25, 0.3) is 0 Å². The summed E-state index contributed by atoms with van der Waals surface area (Å²) < 4.78 is 0. The molecule has 1 atom stereocenters. The summed E-state index contributed by atoms with van der Waals surface area (Å²) in [5.41, 5.74) is 2.59. The Balaban J connectivity index is 2.16. The van der Waals surface area contributed by atoms with Crippen LogP contribution in [0.15, 0.2) is 24.3 Å². The van der Waals surface area contributed by atoms with Gasteiger partial charge in [0, 0.05) is 18.8 Å². The van der Waals surface area contributed by atoms with Crippen LogP contribution in [-0.4, -0.2) is 37.4 Å². The zero-order chi connectivity index (χ0) is 13.0.